The first-order valence-corrected chi connectivity index (χ1v) is 6.45. The van der Waals surface area contributed by atoms with Gasteiger partial charge in [-0.2, -0.15) is 0 Å². The maximum Gasteiger partial charge on any atom is 0.488 e. The Kier molecular flexibility index (Phi) is 4.67. The number of hydrogen-bond acceptors (Lipinski definition) is 3. The van der Waals surface area contributed by atoms with Crippen LogP contribution < -0.4 is 10.8 Å². The van der Waals surface area contributed by atoms with Gasteiger partial charge in [-0.3, -0.25) is 4.79 Å². The predicted molar refractivity (Wildman–Crippen MR) is 80.7 cm³/mol. The average Bonchev–Trinajstić information content (AvgIpc) is 2.42. The third-order valence-electron chi connectivity index (χ3n) is 2.65. The zero-order valence-corrected chi connectivity index (χ0v) is 11.7. The Morgan fingerprint density at radius 1 is 1.00 bits per heavy atom. The smallest absolute Gasteiger partial charge is 0.423 e. The SMILES string of the molecule is O=C(Nc1ccc(B(O)O)cc1)c1ccc(Cl)c(Cl)c1. The zero-order chi connectivity index (χ0) is 14.7. The van der Waals surface area contributed by atoms with E-state index in [1.165, 1.54) is 18.2 Å². The normalized spacial score (nSPS) is 10.2. The van der Waals surface area contributed by atoms with Crippen LogP contribution in [-0.2, 0) is 0 Å². The van der Waals surface area contributed by atoms with Gasteiger partial charge in [0, 0.05) is 11.3 Å². The molecule has 0 heterocycles. The van der Waals surface area contributed by atoms with E-state index in [0.29, 0.717) is 26.8 Å². The summed E-state index contributed by atoms with van der Waals surface area (Å²) in [5, 5.41) is 21.3. The number of hydrogen-bond donors (Lipinski definition) is 3. The highest BCUT2D eigenvalue weighted by atomic mass is 35.5. The maximum atomic E-state index is 12.0. The van der Waals surface area contributed by atoms with Crippen molar-refractivity contribution in [2.45, 2.75) is 0 Å². The first-order chi connectivity index (χ1) is 9.47. The molecule has 0 aliphatic carbocycles. The molecule has 102 valence electrons. The topological polar surface area (TPSA) is 69.6 Å². The van der Waals surface area contributed by atoms with Gasteiger partial charge in [0.1, 0.15) is 0 Å². The molecule has 20 heavy (non-hydrogen) atoms. The van der Waals surface area contributed by atoms with Gasteiger partial charge in [-0.05, 0) is 35.8 Å². The van der Waals surface area contributed by atoms with E-state index in [1.807, 2.05) is 0 Å². The first-order valence-electron chi connectivity index (χ1n) is 5.70. The Labute approximate surface area is 126 Å². The molecule has 0 spiro atoms. The second kappa shape index (κ2) is 6.28. The molecule has 7 heteroatoms. The molecule has 0 atom stereocenters. The fourth-order valence-electron chi connectivity index (χ4n) is 1.58. The van der Waals surface area contributed by atoms with Crippen LogP contribution in [0, 0.1) is 0 Å². The summed E-state index contributed by atoms with van der Waals surface area (Å²) in [6.07, 6.45) is 0. The van der Waals surface area contributed by atoms with Gasteiger partial charge in [-0.15, -0.1) is 0 Å². The van der Waals surface area contributed by atoms with E-state index < -0.39 is 7.12 Å². The lowest BCUT2D eigenvalue weighted by atomic mass is 9.80. The fourth-order valence-corrected chi connectivity index (χ4v) is 1.88. The van der Waals surface area contributed by atoms with Crippen LogP contribution in [0.4, 0.5) is 5.69 Å². The van der Waals surface area contributed by atoms with Crippen molar-refractivity contribution in [2.75, 3.05) is 5.32 Å². The van der Waals surface area contributed by atoms with Crippen LogP contribution in [0.1, 0.15) is 10.4 Å². The molecule has 0 unspecified atom stereocenters. The number of rotatable bonds is 3. The Balaban J connectivity index is 2.12. The van der Waals surface area contributed by atoms with Crippen LogP contribution in [0.5, 0.6) is 0 Å². The number of anilines is 1. The summed E-state index contributed by atoms with van der Waals surface area (Å²) in [6.45, 7) is 0. The van der Waals surface area contributed by atoms with Gasteiger partial charge < -0.3 is 15.4 Å². The van der Waals surface area contributed by atoms with Gasteiger partial charge in [0.15, 0.2) is 0 Å². The molecule has 3 N–H and O–H groups in total. The third-order valence-corrected chi connectivity index (χ3v) is 3.39. The van der Waals surface area contributed by atoms with Crippen molar-refractivity contribution in [3.63, 3.8) is 0 Å². The van der Waals surface area contributed by atoms with Gasteiger partial charge in [-0.1, -0.05) is 35.3 Å². The molecule has 1 amide bonds. The van der Waals surface area contributed by atoms with Crippen LogP contribution in [0.2, 0.25) is 10.0 Å². The van der Waals surface area contributed by atoms with Crippen LogP contribution in [0.15, 0.2) is 42.5 Å². The Bertz CT molecular complexity index is 632. The van der Waals surface area contributed by atoms with E-state index >= 15 is 0 Å². The number of halogens is 2. The third kappa shape index (κ3) is 3.52. The molecule has 0 fully saturated rings. The maximum absolute atomic E-state index is 12.0. The number of carbonyl (C=O) groups is 1. The number of carbonyl (C=O) groups excluding carboxylic acids is 1. The lowest BCUT2D eigenvalue weighted by Crippen LogP contribution is -2.29. The molecule has 2 aromatic carbocycles. The second-order valence-corrected chi connectivity index (χ2v) is 4.89. The van der Waals surface area contributed by atoms with Crippen LogP contribution in [-0.4, -0.2) is 23.1 Å². The molecular weight excluding hydrogens is 300 g/mol. The minimum Gasteiger partial charge on any atom is -0.423 e. The second-order valence-electron chi connectivity index (χ2n) is 4.08. The van der Waals surface area contributed by atoms with Gasteiger partial charge >= 0.3 is 7.12 Å². The summed E-state index contributed by atoms with van der Waals surface area (Å²) in [4.78, 5) is 12.0. The van der Waals surface area contributed by atoms with Gasteiger partial charge in [-0.25, -0.2) is 0 Å². The predicted octanol–water partition coefficient (Wildman–Crippen LogP) is 1.93. The largest absolute Gasteiger partial charge is 0.488 e. The lowest BCUT2D eigenvalue weighted by molar-refractivity contribution is 0.102. The standard InChI is InChI=1S/C13H10BCl2NO3/c15-11-6-1-8(7-12(11)16)13(18)17-10-4-2-9(3-5-10)14(19)20/h1-7,19-20H,(H,17,18). The summed E-state index contributed by atoms with van der Waals surface area (Å²) >= 11 is 11.6. The van der Waals surface area contributed by atoms with Gasteiger partial charge in [0.2, 0.25) is 0 Å². The van der Waals surface area contributed by atoms with E-state index in [2.05, 4.69) is 5.32 Å². The Morgan fingerprint density at radius 3 is 2.20 bits per heavy atom. The molecular formula is C13H10BCl2NO3. The van der Waals surface area contributed by atoms with Gasteiger partial charge in [0.25, 0.3) is 5.91 Å². The van der Waals surface area contributed by atoms with Crippen molar-refractivity contribution in [2.24, 2.45) is 0 Å². The summed E-state index contributed by atoms with van der Waals surface area (Å²) in [5.74, 6) is -0.333. The molecule has 2 rings (SSSR count). The van der Waals surface area contributed by atoms with Crippen LogP contribution in [0.25, 0.3) is 0 Å². The van der Waals surface area contributed by atoms with Crippen molar-refractivity contribution in [1.82, 2.24) is 0 Å². The fraction of sp³-hybridized carbons (Fsp3) is 0. The van der Waals surface area contributed by atoms with Crippen molar-refractivity contribution in [3.8, 4) is 0 Å². The van der Waals surface area contributed by atoms with Crippen molar-refractivity contribution in [3.05, 3.63) is 58.1 Å². The molecule has 0 saturated heterocycles. The number of nitrogens with one attached hydrogen (secondary N) is 1. The summed E-state index contributed by atoms with van der Waals surface area (Å²) in [7, 11) is -1.53. The van der Waals surface area contributed by atoms with Crippen LogP contribution in [0.3, 0.4) is 0 Å². The lowest BCUT2D eigenvalue weighted by Gasteiger charge is -2.07. The van der Waals surface area contributed by atoms with Crippen molar-refractivity contribution in [1.29, 1.82) is 0 Å². The molecule has 4 nitrogen and oxygen atoms in total. The number of benzene rings is 2. The van der Waals surface area contributed by atoms with E-state index in [9.17, 15) is 4.79 Å². The van der Waals surface area contributed by atoms with Crippen molar-refractivity contribution >= 4 is 47.4 Å². The minimum atomic E-state index is -1.53. The molecule has 0 radical (unpaired) electrons. The summed E-state index contributed by atoms with van der Waals surface area (Å²) < 4.78 is 0. The molecule has 0 aliphatic heterocycles. The highest BCUT2D eigenvalue weighted by Crippen LogP contribution is 2.23. The van der Waals surface area contributed by atoms with E-state index in [-0.39, 0.29) is 5.91 Å². The monoisotopic (exact) mass is 309 g/mol. The Hall–Kier alpha value is -1.53. The molecule has 2 aromatic rings. The van der Waals surface area contributed by atoms with E-state index in [4.69, 9.17) is 33.2 Å². The zero-order valence-electron chi connectivity index (χ0n) is 10.2. The van der Waals surface area contributed by atoms with Crippen LogP contribution >= 0.6 is 23.2 Å². The highest BCUT2D eigenvalue weighted by molar-refractivity contribution is 6.58. The highest BCUT2D eigenvalue weighted by Gasteiger charge is 2.11. The number of amides is 1. The molecule has 0 aliphatic rings. The van der Waals surface area contributed by atoms with E-state index in [1.54, 1.807) is 24.3 Å². The van der Waals surface area contributed by atoms with Crippen molar-refractivity contribution < 1.29 is 14.8 Å². The Morgan fingerprint density at radius 2 is 1.65 bits per heavy atom. The summed E-state index contributed by atoms with van der Waals surface area (Å²) in [5.41, 5.74) is 1.26. The summed E-state index contributed by atoms with van der Waals surface area (Å²) in [6, 6.07) is 10.8. The molecule has 0 aromatic heterocycles. The molecule has 0 saturated carbocycles. The van der Waals surface area contributed by atoms with E-state index in [0.717, 1.165) is 0 Å². The average molecular weight is 310 g/mol. The minimum absolute atomic E-state index is 0.304. The first kappa shape index (κ1) is 14.9. The quantitative estimate of drug-likeness (QED) is 0.759. The van der Waals surface area contributed by atoms with Gasteiger partial charge in [0.05, 0.1) is 10.0 Å². The molecule has 0 bridgehead atoms.